The summed E-state index contributed by atoms with van der Waals surface area (Å²) in [6, 6.07) is 1.94. The van der Waals surface area contributed by atoms with Crippen LogP contribution in [0.25, 0.3) is 0 Å². The van der Waals surface area contributed by atoms with Gasteiger partial charge in [-0.05, 0) is 18.9 Å². The second-order valence-electron chi connectivity index (χ2n) is 3.47. The van der Waals surface area contributed by atoms with Gasteiger partial charge in [0.15, 0.2) is 5.78 Å². The van der Waals surface area contributed by atoms with Crippen molar-refractivity contribution < 1.29 is 14.7 Å². The standard InChI is InChI=1S/C9H11N3O3/c13-8(5-10-9(14)15)7-3-4-11-12(7)6-1-2-6/h3-4,6,10H,1-2,5H2,(H,14,15). The van der Waals surface area contributed by atoms with Crippen LogP contribution in [0.5, 0.6) is 0 Å². The fourth-order valence-corrected chi connectivity index (χ4v) is 1.39. The topological polar surface area (TPSA) is 84.2 Å². The van der Waals surface area contributed by atoms with Gasteiger partial charge < -0.3 is 10.4 Å². The molecule has 2 N–H and O–H groups in total. The molecule has 15 heavy (non-hydrogen) atoms. The lowest BCUT2D eigenvalue weighted by atomic mass is 10.3. The van der Waals surface area contributed by atoms with Crippen LogP contribution in [0.4, 0.5) is 4.79 Å². The highest BCUT2D eigenvalue weighted by Crippen LogP contribution is 2.34. The number of ketones is 1. The van der Waals surface area contributed by atoms with Gasteiger partial charge >= 0.3 is 6.09 Å². The number of hydrogen-bond acceptors (Lipinski definition) is 3. The summed E-state index contributed by atoms with van der Waals surface area (Å²) in [5.41, 5.74) is 0.478. The van der Waals surface area contributed by atoms with E-state index in [1.807, 2.05) is 5.32 Å². The van der Waals surface area contributed by atoms with Gasteiger partial charge in [0.05, 0.1) is 12.6 Å². The van der Waals surface area contributed by atoms with Gasteiger partial charge in [0.2, 0.25) is 0 Å². The van der Waals surface area contributed by atoms with E-state index in [1.54, 1.807) is 16.9 Å². The van der Waals surface area contributed by atoms with Gasteiger partial charge in [-0.1, -0.05) is 0 Å². The van der Waals surface area contributed by atoms with Gasteiger partial charge in [-0.15, -0.1) is 0 Å². The normalized spacial score (nSPS) is 14.9. The van der Waals surface area contributed by atoms with Crippen molar-refractivity contribution in [1.29, 1.82) is 0 Å². The van der Waals surface area contributed by atoms with E-state index in [0.29, 0.717) is 11.7 Å². The van der Waals surface area contributed by atoms with E-state index in [1.165, 1.54) is 0 Å². The average Bonchev–Trinajstić information content (AvgIpc) is 2.93. The molecule has 1 heterocycles. The molecule has 2 rings (SSSR count). The Labute approximate surface area is 85.9 Å². The molecule has 1 aromatic heterocycles. The number of Topliss-reactive ketones (excluding diaryl/α,β-unsaturated/α-hetero) is 1. The second-order valence-corrected chi connectivity index (χ2v) is 3.47. The SMILES string of the molecule is O=C(O)NCC(=O)c1ccnn1C1CC1. The van der Waals surface area contributed by atoms with Gasteiger partial charge in [0.25, 0.3) is 0 Å². The molecule has 1 fully saturated rings. The summed E-state index contributed by atoms with van der Waals surface area (Å²) < 4.78 is 1.67. The van der Waals surface area contributed by atoms with Crippen molar-refractivity contribution in [2.45, 2.75) is 18.9 Å². The van der Waals surface area contributed by atoms with Crippen LogP contribution in [0.1, 0.15) is 29.4 Å². The Morgan fingerprint density at radius 3 is 2.93 bits per heavy atom. The third-order valence-corrected chi connectivity index (χ3v) is 2.25. The van der Waals surface area contributed by atoms with Crippen molar-refractivity contribution in [3.8, 4) is 0 Å². The minimum absolute atomic E-state index is 0.201. The van der Waals surface area contributed by atoms with E-state index in [-0.39, 0.29) is 12.3 Å². The van der Waals surface area contributed by atoms with E-state index >= 15 is 0 Å². The lowest BCUT2D eigenvalue weighted by Gasteiger charge is -2.04. The molecule has 0 aromatic carbocycles. The molecule has 0 bridgehead atoms. The number of rotatable bonds is 4. The predicted molar refractivity (Wildman–Crippen MR) is 50.9 cm³/mol. The lowest BCUT2D eigenvalue weighted by Crippen LogP contribution is -2.29. The lowest BCUT2D eigenvalue weighted by molar-refractivity contribution is 0.0976. The van der Waals surface area contributed by atoms with Gasteiger partial charge in [0, 0.05) is 6.20 Å². The maximum Gasteiger partial charge on any atom is 0.405 e. The van der Waals surface area contributed by atoms with E-state index in [9.17, 15) is 9.59 Å². The van der Waals surface area contributed by atoms with Crippen LogP contribution in [0, 0.1) is 0 Å². The number of carbonyl (C=O) groups is 2. The zero-order valence-corrected chi connectivity index (χ0v) is 8.01. The molecule has 1 aliphatic carbocycles. The molecule has 0 atom stereocenters. The molecule has 1 saturated carbocycles. The Balaban J connectivity index is 2.04. The smallest absolute Gasteiger partial charge is 0.405 e. The van der Waals surface area contributed by atoms with Crippen LogP contribution < -0.4 is 5.32 Å². The van der Waals surface area contributed by atoms with E-state index in [4.69, 9.17) is 5.11 Å². The number of hydrogen-bond donors (Lipinski definition) is 2. The summed E-state index contributed by atoms with van der Waals surface area (Å²) in [5.74, 6) is -0.248. The number of carbonyl (C=O) groups excluding carboxylic acids is 1. The molecule has 6 nitrogen and oxygen atoms in total. The molecule has 1 aromatic rings. The van der Waals surface area contributed by atoms with Crippen LogP contribution in [0.15, 0.2) is 12.3 Å². The number of aromatic nitrogens is 2. The van der Waals surface area contributed by atoms with Crippen LogP contribution in [0.3, 0.4) is 0 Å². The molecule has 80 valence electrons. The molecule has 1 amide bonds. The monoisotopic (exact) mass is 209 g/mol. The number of amides is 1. The summed E-state index contributed by atoms with van der Waals surface area (Å²) in [7, 11) is 0. The summed E-state index contributed by atoms with van der Waals surface area (Å²) >= 11 is 0. The summed E-state index contributed by atoms with van der Waals surface area (Å²) in [6.07, 6.45) is 2.44. The fraction of sp³-hybridized carbons (Fsp3) is 0.444. The van der Waals surface area contributed by atoms with Gasteiger partial charge in [0.1, 0.15) is 5.69 Å². The molecule has 0 aliphatic heterocycles. The second kappa shape index (κ2) is 3.72. The van der Waals surface area contributed by atoms with Crippen molar-refractivity contribution >= 4 is 11.9 Å². The Hall–Kier alpha value is -1.85. The minimum Gasteiger partial charge on any atom is -0.465 e. The highest BCUT2D eigenvalue weighted by molar-refractivity contribution is 5.97. The zero-order valence-electron chi connectivity index (χ0n) is 8.01. The molecule has 0 unspecified atom stereocenters. The summed E-state index contributed by atoms with van der Waals surface area (Å²) in [4.78, 5) is 21.8. The molecule has 0 radical (unpaired) electrons. The quantitative estimate of drug-likeness (QED) is 0.714. The fourth-order valence-electron chi connectivity index (χ4n) is 1.39. The van der Waals surface area contributed by atoms with E-state index in [2.05, 4.69) is 5.10 Å². The molecule has 0 spiro atoms. The molecule has 6 heteroatoms. The van der Waals surface area contributed by atoms with Crippen molar-refractivity contribution in [1.82, 2.24) is 15.1 Å². The Morgan fingerprint density at radius 1 is 1.60 bits per heavy atom. The van der Waals surface area contributed by atoms with E-state index in [0.717, 1.165) is 12.8 Å². The largest absolute Gasteiger partial charge is 0.465 e. The third kappa shape index (κ3) is 2.15. The van der Waals surface area contributed by atoms with Crippen molar-refractivity contribution in [2.75, 3.05) is 6.54 Å². The maximum atomic E-state index is 11.6. The third-order valence-electron chi connectivity index (χ3n) is 2.25. The van der Waals surface area contributed by atoms with Crippen molar-refractivity contribution in [3.05, 3.63) is 18.0 Å². The summed E-state index contributed by atoms with van der Waals surface area (Å²) in [5, 5.41) is 14.5. The first-order chi connectivity index (χ1) is 7.18. The number of nitrogens with zero attached hydrogens (tertiary/aromatic N) is 2. The van der Waals surface area contributed by atoms with Crippen LogP contribution in [-0.4, -0.2) is 33.3 Å². The van der Waals surface area contributed by atoms with Crippen molar-refractivity contribution in [2.24, 2.45) is 0 Å². The van der Waals surface area contributed by atoms with Crippen molar-refractivity contribution in [3.63, 3.8) is 0 Å². The minimum atomic E-state index is -1.19. The van der Waals surface area contributed by atoms with Crippen LogP contribution >= 0.6 is 0 Å². The first kappa shape index (κ1) is 9.70. The number of nitrogens with one attached hydrogen (secondary N) is 1. The van der Waals surface area contributed by atoms with Gasteiger partial charge in [-0.25, -0.2) is 4.79 Å². The first-order valence-electron chi connectivity index (χ1n) is 4.72. The number of carboxylic acid groups (broad SMARTS) is 1. The predicted octanol–water partition coefficient (Wildman–Crippen LogP) is 0.668. The first-order valence-corrected chi connectivity index (χ1v) is 4.72. The van der Waals surface area contributed by atoms with Crippen LogP contribution in [-0.2, 0) is 0 Å². The average molecular weight is 209 g/mol. The molecule has 0 saturated heterocycles. The Bertz CT molecular complexity index is 395. The highest BCUT2D eigenvalue weighted by Gasteiger charge is 2.28. The Morgan fingerprint density at radius 2 is 2.33 bits per heavy atom. The highest BCUT2D eigenvalue weighted by atomic mass is 16.4. The Kier molecular flexibility index (Phi) is 2.40. The summed E-state index contributed by atoms with van der Waals surface area (Å²) in [6.45, 7) is -0.201. The zero-order chi connectivity index (χ0) is 10.8. The molecule has 1 aliphatic rings. The maximum absolute atomic E-state index is 11.6. The van der Waals surface area contributed by atoms with Crippen LogP contribution in [0.2, 0.25) is 0 Å². The molecular weight excluding hydrogens is 198 g/mol. The van der Waals surface area contributed by atoms with Gasteiger partial charge in [-0.2, -0.15) is 5.10 Å². The van der Waals surface area contributed by atoms with Gasteiger partial charge in [-0.3, -0.25) is 9.48 Å². The molecular formula is C9H11N3O3. The van der Waals surface area contributed by atoms with E-state index < -0.39 is 6.09 Å².